The molecule has 2 fully saturated rings. The lowest BCUT2D eigenvalue weighted by Crippen LogP contribution is -2.67. The maximum atomic E-state index is 11.7. The van der Waals surface area contributed by atoms with Gasteiger partial charge in [-0.05, 0) is 0 Å². The van der Waals surface area contributed by atoms with Crippen molar-refractivity contribution < 1.29 is 33.3 Å². The van der Waals surface area contributed by atoms with Crippen molar-refractivity contribution >= 4 is 11.9 Å². The number of rotatable bonds is 4. The molecule has 0 aliphatic carbocycles. The van der Waals surface area contributed by atoms with E-state index in [2.05, 4.69) is 5.32 Å². The van der Waals surface area contributed by atoms with E-state index in [1.807, 2.05) is 30.3 Å². The van der Waals surface area contributed by atoms with Crippen LogP contribution in [-0.4, -0.2) is 56.2 Å². The summed E-state index contributed by atoms with van der Waals surface area (Å²) in [5.41, 5.74) is 0.852. The van der Waals surface area contributed by atoms with Crippen LogP contribution in [0.2, 0.25) is 0 Å². The molecule has 0 unspecified atom stereocenters. The summed E-state index contributed by atoms with van der Waals surface area (Å²) in [5.74, 6) is -0.768. The van der Waals surface area contributed by atoms with Crippen molar-refractivity contribution in [2.75, 3.05) is 13.7 Å². The minimum atomic E-state index is -0.836. The second-order valence-electron chi connectivity index (χ2n) is 6.26. The number of ether oxygens (including phenoxy) is 5. The molecule has 2 aliphatic heterocycles. The molecule has 0 spiro atoms. The van der Waals surface area contributed by atoms with Gasteiger partial charge in [0.15, 0.2) is 18.7 Å². The zero-order valence-electron chi connectivity index (χ0n) is 14.9. The SMILES string of the molecule is CO[C@H]1O[C@@H]2CO[C@@H](c3ccccc3)O[C@H]2[C@H](NC(C)=O)[C@H]1OC(C)=O. The van der Waals surface area contributed by atoms with Crippen molar-refractivity contribution in [1.82, 2.24) is 5.32 Å². The third kappa shape index (κ3) is 4.04. The smallest absolute Gasteiger partial charge is 0.303 e. The van der Waals surface area contributed by atoms with Gasteiger partial charge in [-0.2, -0.15) is 0 Å². The van der Waals surface area contributed by atoms with E-state index in [1.165, 1.54) is 21.0 Å². The highest BCUT2D eigenvalue weighted by Crippen LogP contribution is 2.35. The van der Waals surface area contributed by atoms with Crippen LogP contribution in [0.25, 0.3) is 0 Å². The lowest BCUT2D eigenvalue weighted by molar-refractivity contribution is -0.341. The highest BCUT2D eigenvalue weighted by molar-refractivity contribution is 5.73. The molecule has 26 heavy (non-hydrogen) atoms. The van der Waals surface area contributed by atoms with Crippen LogP contribution in [0.4, 0.5) is 0 Å². The Bertz CT molecular complexity index is 638. The van der Waals surface area contributed by atoms with Crippen LogP contribution in [0.1, 0.15) is 25.7 Å². The number of methoxy groups -OCH3 is 1. The summed E-state index contributed by atoms with van der Waals surface area (Å²) in [6.07, 6.45) is -3.30. The molecule has 6 atom stereocenters. The van der Waals surface area contributed by atoms with Gasteiger partial charge in [-0.25, -0.2) is 0 Å². The van der Waals surface area contributed by atoms with Gasteiger partial charge in [0.05, 0.1) is 12.6 Å². The predicted molar refractivity (Wildman–Crippen MR) is 88.8 cm³/mol. The van der Waals surface area contributed by atoms with E-state index in [-0.39, 0.29) is 12.5 Å². The Balaban J connectivity index is 1.86. The van der Waals surface area contributed by atoms with Crippen molar-refractivity contribution in [3.63, 3.8) is 0 Å². The highest BCUT2D eigenvalue weighted by atomic mass is 16.8. The fourth-order valence-electron chi connectivity index (χ4n) is 3.28. The predicted octanol–water partition coefficient (Wildman–Crippen LogP) is 0.908. The fourth-order valence-corrected chi connectivity index (χ4v) is 3.28. The van der Waals surface area contributed by atoms with Crippen LogP contribution >= 0.6 is 0 Å². The number of hydrogen-bond acceptors (Lipinski definition) is 7. The first-order valence-electron chi connectivity index (χ1n) is 8.44. The Labute approximate surface area is 151 Å². The Morgan fingerprint density at radius 3 is 2.50 bits per heavy atom. The number of hydrogen-bond donors (Lipinski definition) is 1. The maximum absolute atomic E-state index is 11.7. The Morgan fingerprint density at radius 2 is 1.88 bits per heavy atom. The first-order valence-corrected chi connectivity index (χ1v) is 8.44. The quantitative estimate of drug-likeness (QED) is 0.793. The maximum Gasteiger partial charge on any atom is 0.303 e. The fraction of sp³-hybridized carbons (Fsp3) is 0.556. The molecular formula is C18H23NO7. The van der Waals surface area contributed by atoms with Gasteiger partial charge in [0.25, 0.3) is 0 Å². The number of benzene rings is 1. The second-order valence-corrected chi connectivity index (χ2v) is 6.26. The molecule has 0 saturated carbocycles. The molecule has 1 N–H and O–H groups in total. The Morgan fingerprint density at radius 1 is 1.15 bits per heavy atom. The molecule has 8 nitrogen and oxygen atoms in total. The highest BCUT2D eigenvalue weighted by Gasteiger charge is 2.52. The van der Waals surface area contributed by atoms with Crippen molar-refractivity contribution in [1.29, 1.82) is 0 Å². The minimum absolute atomic E-state index is 0.257. The summed E-state index contributed by atoms with van der Waals surface area (Å²) in [7, 11) is 1.45. The second kappa shape index (κ2) is 8.13. The van der Waals surface area contributed by atoms with E-state index in [9.17, 15) is 9.59 Å². The van der Waals surface area contributed by atoms with Crippen molar-refractivity contribution in [2.45, 2.75) is 50.8 Å². The molecule has 2 heterocycles. The van der Waals surface area contributed by atoms with Crippen molar-refractivity contribution in [2.24, 2.45) is 0 Å². The van der Waals surface area contributed by atoms with Gasteiger partial charge < -0.3 is 29.0 Å². The molecule has 2 saturated heterocycles. The minimum Gasteiger partial charge on any atom is -0.455 e. The molecular weight excluding hydrogens is 342 g/mol. The van der Waals surface area contributed by atoms with Crippen LogP contribution in [0.5, 0.6) is 0 Å². The van der Waals surface area contributed by atoms with E-state index in [1.54, 1.807) is 0 Å². The number of nitrogens with one attached hydrogen (secondary N) is 1. The molecule has 3 rings (SSSR count). The van der Waals surface area contributed by atoms with E-state index in [4.69, 9.17) is 23.7 Å². The van der Waals surface area contributed by atoms with Gasteiger partial charge >= 0.3 is 5.97 Å². The summed E-state index contributed by atoms with van der Waals surface area (Å²) >= 11 is 0. The first-order chi connectivity index (χ1) is 12.5. The van der Waals surface area contributed by atoms with E-state index in [0.29, 0.717) is 0 Å². The third-order valence-electron chi connectivity index (χ3n) is 4.32. The summed E-state index contributed by atoms with van der Waals surface area (Å²) in [4.78, 5) is 23.3. The average molecular weight is 365 g/mol. The van der Waals surface area contributed by atoms with Gasteiger partial charge in [-0.3, -0.25) is 9.59 Å². The number of fused-ring (bicyclic) bond motifs is 1. The van der Waals surface area contributed by atoms with Crippen molar-refractivity contribution in [3.05, 3.63) is 35.9 Å². The summed E-state index contributed by atoms with van der Waals surface area (Å²) in [6, 6.07) is 8.83. The average Bonchev–Trinajstić information content (AvgIpc) is 2.63. The standard InChI is InChI=1S/C18H23NO7/c1-10(20)19-14-15-13(25-18(22-3)16(14)24-11(2)21)9-23-17(26-15)12-7-5-4-6-8-12/h4-8,13-18H,9H2,1-3H3,(H,19,20)/t13-,14+,15-,16-,17-,18+/m1/s1. The van der Waals surface area contributed by atoms with Crippen LogP contribution in [0.3, 0.4) is 0 Å². The normalized spacial score (nSPS) is 33.8. The summed E-state index contributed by atoms with van der Waals surface area (Å²) < 4.78 is 28.4. The molecule has 142 valence electrons. The number of carbonyl (C=O) groups is 2. The molecule has 1 aromatic rings. The molecule has 8 heteroatoms. The van der Waals surface area contributed by atoms with Crippen LogP contribution in [-0.2, 0) is 33.3 Å². The van der Waals surface area contributed by atoms with Gasteiger partial charge in [0.1, 0.15) is 12.2 Å². The summed E-state index contributed by atoms with van der Waals surface area (Å²) in [5, 5.41) is 2.82. The van der Waals surface area contributed by atoms with Crippen LogP contribution in [0.15, 0.2) is 30.3 Å². The van der Waals surface area contributed by atoms with Gasteiger partial charge in [0.2, 0.25) is 5.91 Å². The number of amides is 1. The lowest BCUT2D eigenvalue weighted by atomic mass is 9.94. The molecule has 0 bridgehead atoms. The molecule has 1 amide bonds. The zero-order chi connectivity index (χ0) is 18.7. The monoisotopic (exact) mass is 365 g/mol. The van der Waals surface area contributed by atoms with E-state index in [0.717, 1.165) is 5.56 Å². The van der Waals surface area contributed by atoms with Gasteiger partial charge in [-0.1, -0.05) is 30.3 Å². The molecule has 1 aromatic carbocycles. The Hall–Kier alpha value is -2.00. The van der Waals surface area contributed by atoms with Crippen LogP contribution in [0, 0.1) is 0 Å². The molecule has 2 aliphatic rings. The zero-order valence-corrected chi connectivity index (χ0v) is 14.9. The van der Waals surface area contributed by atoms with Gasteiger partial charge in [0, 0.05) is 26.5 Å². The number of esters is 1. The Kier molecular flexibility index (Phi) is 5.87. The topological polar surface area (TPSA) is 92.3 Å². The van der Waals surface area contributed by atoms with Crippen molar-refractivity contribution in [3.8, 4) is 0 Å². The first kappa shape index (κ1) is 18.8. The number of carbonyl (C=O) groups excluding carboxylic acids is 2. The largest absolute Gasteiger partial charge is 0.455 e. The van der Waals surface area contributed by atoms with E-state index < -0.39 is 42.9 Å². The summed E-state index contributed by atoms with van der Waals surface area (Å²) in [6.45, 7) is 2.94. The van der Waals surface area contributed by atoms with Gasteiger partial charge in [-0.15, -0.1) is 0 Å². The van der Waals surface area contributed by atoms with Crippen LogP contribution < -0.4 is 5.32 Å². The molecule has 0 aromatic heterocycles. The van der Waals surface area contributed by atoms with E-state index >= 15 is 0 Å². The lowest BCUT2D eigenvalue weighted by Gasteiger charge is -2.48. The third-order valence-corrected chi connectivity index (χ3v) is 4.32. The molecule has 0 radical (unpaired) electrons.